The molecule has 0 amide bonds. The molecular weight excluding hydrogens is 214 g/mol. The van der Waals surface area contributed by atoms with Crippen LogP contribution in [-0.2, 0) is 0 Å². The molecule has 0 aromatic heterocycles. The highest BCUT2D eigenvalue weighted by Crippen LogP contribution is 2.02. The number of nitrogens with zero attached hydrogens (tertiary/aromatic N) is 2. The van der Waals surface area contributed by atoms with Crippen molar-refractivity contribution in [1.29, 1.82) is 5.41 Å². The SMILES string of the molecule is CCCCCN(CCCCC)C(N)=NC(=N)N. The molecule has 0 bridgehead atoms. The van der Waals surface area contributed by atoms with Gasteiger partial charge in [-0.05, 0) is 12.8 Å². The maximum atomic E-state index is 7.13. The molecule has 0 heterocycles. The Morgan fingerprint density at radius 2 is 1.47 bits per heavy atom. The third-order valence-electron chi connectivity index (χ3n) is 2.62. The van der Waals surface area contributed by atoms with Crippen LogP contribution >= 0.6 is 0 Å². The first-order valence-corrected chi connectivity index (χ1v) is 6.54. The minimum atomic E-state index is -0.224. The lowest BCUT2D eigenvalue weighted by Gasteiger charge is -2.23. The van der Waals surface area contributed by atoms with E-state index in [0.717, 1.165) is 25.9 Å². The zero-order chi connectivity index (χ0) is 13.1. The summed E-state index contributed by atoms with van der Waals surface area (Å²) in [6.45, 7) is 6.16. The first-order chi connectivity index (χ1) is 8.11. The maximum absolute atomic E-state index is 7.13. The fourth-order valence-corrected chi connectivity index (χ4v) is 1.64. The smallest absolute Gasteiger partial charge is 0.215 e. The van der Waals surface area contributed by atoms with Crippen molar-refractivity contribution in [3.05, 3.63) is 0 Å². The van der Waals surface area contributed by atoms with Crippen LogP contribution in [0.1, 0.15) is 52.4 Å². The zero-order valence-electron chi connectivity index (χ0n) is 11.2. The van der Waals surface area contributed by atoms with Gasteiger partial charge in [0.2, 0.25) is 5.96 Å². The molecule has 0 fully saturated rings. The van der Waals surface area contributed by atoms with Crippen LogP contribution in [0.25, 0.3) is 0 Å². The van der Waals surface area contributed by atoms with Crippen LogP contribution in [0.3, 0.4) is 0 Å². The molecule has 5 N–H and O–H groups in total. The van der Waals surface area contributed by atoms with Crippen LogP contribution in [0.2, 0.25) is 0 Å². The van der Waals surface area contributed by atoms with E-state index in [-0.39, 0.29) is 5.96 Å². The summed E-state index contributed by atoms with van der Waals surface area (Å²) in [4.78, 5) is 5.85. The van der Waals surface area contributed by atoms with Crippen molar-refractivity contribution in [2.24, 2.45) is 16.5 Å². The van der Waals surface area contributed by atoms with Crippen LogP contribution in [0, 0.1) is 5.41 Å². The van der Waals surface area contributed by atoms with Gasteiger partial charge < -0.3 is 16.4 Å². The quantitative estimate of drug-likeness (QED) is 0.344. The van der Waals surface area contributed by atoms with E-state index in [1.165, 1.54) is 25.7 Å². The lowest BCUT2D eigenvalue weighted by molar-refractivity contribution is 0.387. The van der Waals surface area contributed by atoms with Gasteiger partial charge in [0.1, 0.15) is 0 Å². The van der Waals surface area contributed by atoms with E-state index in [2.05, 4.69) is 18.8 Å². The third-order valence-corrected chi connectivity index (χ3v) is 2.62. The van der Waals surface area contributed by atoms with Crippen molar-refractivity contribution in [2.75, 3.05) is 13.1 Å². The summed E-state index contributed by atoms with van der Waals surface area (Å²) in [5.74, 6) is 0.156. The standard InChI is InChI=1S/C12H27N5/c1-3-5-7-9-17(10-8-6-4-2)12(15)16-11(13)14/h3-10H2,1-2H3,(H5,13,14,15,16). The Morgan fingerprint density at radius 3 is 1.82 bits per heavy atom. The Kier molecular flexibility index (Phi) is 9.19. The van der Waals surface area contributed by atoms with E-state index < -0.39 is 0 Å². The summed E-state index contributed by atoms with van der Waals surface area (Å²) in [5, 5.41) is 7.13. The predicted molar refractivity (Wildman–Crippen MR) is 74.2 cm³/mol. The van der Waals surface area contributed by atoms with Crippen LogP contribution in [0.15, 0.2) is 4.99 Å². The van der Waals surface area contributed by atoms with Gasteiger partial charge >= 0.3 is 0 Å². The van der Waals surface area contributed by atoms with Gasteiger partial charge in [-0.2, -0.15) is 4.99 Å². The van der Waals surface area contributed by atoms with E-state index >= 15 is 0 Å². The Bertz CT molecular complexity index is 227. The molecule has 0 saturated heterocycles. The lowest BCUT2D eigenvalue weighted by atomic mass is 10.2. The van der Waals surface area contributed by atoms with E-state index in [4.69, 9.17) is 16.9 Å². The highest BCUT2D eigenvalue weighted by atomic mass is 15.3. The van der Waals surface area contributed by atoms with Crippen molar-refractivity contribution in [3.63, 3.8) is 0 Å². The second-order valence-electron chi connectivity index (χ2n) is 4.26. The van der Waals surface area contributed by atoms with E-state index in [9.17, 15) is 0 Å². The van der Waals surface area contributed by atoms with Crippen molar-refractivity contribution < 1.29 is 0 Å². The number of guanidine groups is 2. The molecule has 0 aliphatic carbocycles. The minimum Gasteiger partial charge on any atom is -0.369 e. The number of aliphatic imine (C=N–C) groups is 1. The Hall–Kier alpha value is -1.26. The fourth-order valence-electron chi connectivity index (χ4n) is 1.64. The highest BCUT2D eigenvalue weighted by molar-refractivity contribution is 5.91. The molecule has 0 atom stereocenters. The fraction of sp³-hybridized carbons (Fsp3) is 0.833. The second kappa shape index (κ2) is 9.93. The van der Waals surface area contributed by atoms with Gasteiger partial charge in [-0.3, -0.25) is 5.41 Å². The molecule has 17 heavy (non-hydrogen) atoms. The van der Waals surface area contributed by atoms with Gasteiger partial charge in [0.05, 0.1) is 0 Å². The van der Waals surface area contributed by atoms with Crippen molar-refractivity contribution >= 4 is 11.9 Å². The monoisotopic (exact) mass is 241 g/mol. The molecule has 5 heteroatoms. The molecule has 0 radical (unpaired) electrons. The minimum absolute atomic E-state index is 0.224. The van der Waals surface area contributed by atoms with E-state index in [1.54, 1.807) is 0 Å². The normalized spacial score (nSPS) is 11.5. The number of nitrogens with two attached hydrogens (primary N) is 2. The summed E-state index contributed by atoms with van der Waals surface area (Å²) in [6, 6.07) is 0. The van der Waals surface area contributed by atoms with Crippen molar-refractivity contribution in [2.45, 2.75) is 52.4 Å². The average Bonchev–Trinajstić information content (AvgIpc) is 2.26. The predicted octanol–water partition coefficient (Wildman–Crippen LogP) is 1.88. The molecule has 5 nitrogen and oxygen atoms in total. The summed E-state index contributed by atoms with van der Waals surface area (Å²) in [7, 11) is 0. The van der Waals surface area contributed by atoms with Gasteiger partial charge in [0, 0.05) is 13.1 Å². The van der Waals surface area contributed by atoms with Crippen molar-refractivity contribution in [3.8, 4) is 0 Å². The molecule has 0 unspecified atom stereocenters. The highest BCUT2D eigenvalue weighted by Gasteiger charge is 2.07. The molecule has 0 aromatic carbocycles. The molecular formula is C12H27N5. The molecule has 100 valence electrons. The molecule has 0 aromatic rings. The number of hydrogen-bond acceptors (Lipinski definition) is 1. The van der Waals surface area contributed by atoms with Crippen LogP contribution in [-0.4, -0.2) is 29.9 Å². The van der Waals surface area contributed by atoms with E-state index in [1.807, 2.05) is 4.90 Å². The molecule has 0 spiro atoms. The molecule has 0 rings (SSSR count). The largest absolute Gasteiger partial charge is 0.369 e. The number of rotatable bonds is 8. The zero-order valence-corrected chi connectivity index (χ0v) is 11.2. The summed E-state index contributed by atoms with van der Waals surface area (Å²) in [5.41, 5.74) is 11.1. The third kappa shape index (κ3) is 8.54. The Balaban J connectivity index is 4.22. The first-order valence-electron chi connectivity index (χ1n) is 6.54. The van der Waals surface area contributed by atoms with Crippen LogP contribution < -0.4 is 11.5 Å². The summed E-state index contributed by atoms with van der Waals surface area (Å²) in [6.07, 6.45) is 6.97. The number of nitrogens with one attached hydrogen (secondary N) is 1. The number of unbranched alkanes of at least 4 members (excludes halogenated alkanes) is 4. The van der Waals surface area contributed by atoms with Gasteiger partial charge in [0.15, 0.2) is 5.96 Å². The van der Waals surface area contributed by atoms with Crippen LogP contribution in [0.5, 0.6) is 0 Å². The van der Waals surface area contributed by atoms with Gasteiger partial charge in [-0.1, -0.05) is 39.5 Å². The van der Waals surface area contributed by atoms with Gasteiger partial charge in [0.25, 0.3) is 0 Å². The first kappa shape index (κ1) is 15.7. The topological polar surface area (TPSA) is 91.5 Å². The average molecular weight is 241 g/mol. The molecule has 0 saturated carbocycles. The van der Waals surface area contributed by atoms with Crippen LogP contribution in [0.4, 0.5) is 0 Å². The Labute approximate surface area is 105 Å². The molecule has 0 aliphatic heterocycles. The van der Waals surface area contributed by atoms with E-state index in [0.29, 0.717) is 5.96 Å². The van der Waals surface area contributed by atoms with Gasteiger partial charge in [-0.25, -0.2) is 0 Å². The lowest BCUT2D eigenvalue weighted by Crippen LogP contribution is -2.39. The number of hydrogen-bond donors (Lipinski definition) is 3. The summed E-state index contributed by atoms with van der Waals surface area (Å²) >= 11 is 0. The van der Waals surface area contributed by atoms with Gasteiger partial charge in [-0.15, -0.1) is 0 Å². The Morgan fingerprint density at radius 1 is 1.00 bits per heavy atom. The van der Waals surface area contributed by atoms with Crippen molar-refractivity contribution in [1.82, 2.24) is 4.90 Å². The molecule has 0 aliphatic rings. The second-order valence-corrected chi connectivity index (χ2v) is 4.26. The maximum Gasteiger partial charge on any atom is 0.215 e. The summed E-state index contributed by atoms with van der Waals surface area (Å²) < 4.78 is 0.